The molecule has 4 aromatic carbocycles. The van der Waals surface area contributed by atoms with Gasteiger partial charge in [-0.2, -0.15) is 0 Å². The minimum atomic E-state index is -0.588. The Kier molecular flexibility index (Phi) is 9.74. The summed E-state index contributed by atoms with van der Waals surface area (Å²) in [5.41, 5.74) is 13.1. The molecule has 0 bridgehead atoms. The van der Waals surface area contributed by atoms with Gasteiger partial charge in [0.2, 0.25) is 0 Å². The summed E-state index contributed by atoms with van der Waals surface area (Å²) in [4.78, 5) is 42.6. The normalized spacial score (nSPS) is 10.5. The number of unbranched alkanes of at least 4 members (excludes halogenated alkanes) is 1. The molecule has 8 nitrogen and oxygen atoms in total. The first-order valence-corrected chi connectivity index (χ1v) is 14.8. The van der Waals surface area contributed by atoms with E-state index in [4.69, 9.17) is 10.5 Å². The van der Waals surface area contributed by atoms with Crippen molar-refractivity contribution in [3.63, 3.8) is 0 Å². The third kappa shape index (κ3) is 7.22. The number of benzene rings is 4. The molecule has 0 saturated carbocycles. The summed E-state index contributed by atoms with van der Waals surface area (Å²) < 4.78 is 5.37. The maximum Gasteiger partial charge on any atom is 0.258 e. The number of methoxy groups -OCH3 is 1. The molecule has 1 aromatic heterocycles. The highest BCUT2D eigenvalue weighted by molar-refractivity contribution is 6.08. The average Bonchev–Trinajstić information content (AvgIpc) is 3.06. The number of ether oxygens (including phenoxy) is 1. The van der Waals surface area contributed by atoms with Gasteiger partial charge in [0.05, 0.1) is 23.9 Å². The van der Waals surface area contributed by atoms with Gasteiger partial charge in [-0.15, -0.1) is 0 Å². The van der Waals surface area contributed by atoms with E-state index >= 15 is 0 Å². The summed E-state index contributed by atoms with van der Waals surface area (Å²) in [6.45, 7) is 1.98. The number of hydrogen-bond donors (Lipinski definition) is 2. The van der Waals surface area contributed by atoms with Crippen molar-refractivity contribution in [1.29, 1.82) is 0 Å². The topological polar surface area (TPSA) is 115 Å². The number of carbonyl (C=O) groups excluding carboxylic acids is 3. The number of rotatable bonds is 10. The van der Waals surface area contributed by atoms with Crippen LogP contribution >= 0.6 is 0 Å². The van der Waals surface area contributed by atoms with Crippen molar-refractivity contribution in [2.24, 2.45) is 5.73 Å². The summed E-state index contributed by atoms with van der Waals surface area (Å²) in [7, 11) is 3.34. The summed E-state index contributed by atoms with van der Waals surface area (Å²) in [6, 6.07) is 26.5. The van der Waals surface area contributed by atoms with E-state index in [1.807, 2.05) is 79.7 Å². The van der Waals surface area contributed by atoms with Crippen molar-refractivity contribution in [2.45, 2.75) is 26.2 Å². The Morgan fingerprint density at radius 1 is 1.00 bits per heavy atom. The monoisotopic (exact) mass is 610 g/mol. The number of amides is 2. The van der Waals surface area contributed by atoms with Crippen LogP contribution in [0.25, 0.3) is 10.9 Å². The van der Waals surface area contributed by atoms with E-state index in [0.29, 0.717) is 36.3 Å². The summed E-state index contributed by atoms with van der Waals surface area (Å²) in [6.07, 6.45) is 3.84. The van der Waals surface area contributed by atoms with Crippen LogP contribution in [-0.2, 0) is 11.2 Å². The number of carbonyl (C=O) groups is 3. The number of nitrogens with zero attached hydrogens (tertiary/aromatic N) is 2. The van der Waals surface area contributed by atoms with Gasteiger partial charge in [0.15, 0.2) is 0 Å². The molecule has 5 aromatic rings. The van der Waals surface area contributed by atoms with Crippen LogP contribution in [-0.4, -0.2) is 37.2 Å². The Morgan fingerprint density at radius 2 is 1.78 bits per heavy atom. The van der Waals surface area contributed by atoms with Crippen molar-refractivity contribution >= 4 is 46.1 Å². The molecule has 0 fully saturated rings. The molecule has 0 aliphatic rings. The molecule has 5 rings (SSSR count). The molecule has 1 heterocycles. The van der Waals surface area contributed by atoms with Gasteiger partial charge in [0.1, 0.15) is 12.0 Å². The molecular weight excluding hydrogens is 576 g/mol. The van der Waals surface area contributed by atoms with Crippen LogP contribution in [0.2, 0.25) is 0 Å². The predicted octanol–water partition coefficient (Wildman–Crippen LogP) is 6.59. The fourth-order valence-corrected chi connectivity index (χ4v) is 5.25. The first-order chi connectivity index (χ1) is 22.3. The Balaban J connectivity index is 1.41. The van der Waals surface area contributed by atoms with Gasteiger partial charge in [-0.3, -0.25) is 14.6 Å². The number of hydrogen-bond acceptors (Lipinski definition) is 6. The van der Waals surface area contributed by atoms with Gasteiger partial charge < -0.3 is 25.5 Å². The van der Waals surface area contributed by atoms with Crippen LogP contribution in [0, 0.1) is 18.8 Å². The molecule has 0 atom stereocenters. The van der Waals surface area contributed by atoms with Gasteiger partial charge >= 0.3 is 0 Å². The van der Waals surface area contributed by atoms with Crippen molar-refractivity contribution < 1.29 is 19.1 Å². The average molecular weight is 611 g/mol. The third-order valence-electron chi connectivity index (χ3n) is 7.59. The fourth-order valence-electron chi connectivity index (χ4n) is 5.25. The smallest absolute Gasteiger partial charge is 0.258 e. The van der Waals surface area contributed by atoms with Crippen LogP contribution in [0.5, 0.6) is 5.75 Å². The van der Waals surface area contributed by atoms with E-state index in [9.17, 15) is 14.4 Å². The summed E-state index contributed by atoms with van der Waals surface area (Å²) in [5.74, 6) is 5.95. The second-order valence-corrected chi connectivity index (χ2v) is 10.9. The Labute approximate surface area is 268 Å². The van der Waals surface area contributed by atoms with Gasteiger partial charge in [-0.1, -0.05) is 36.1 Å². The Morgan fingerprint density at radius 3 is 2.52 bits per heavy atom. The van der Waals surface area contributed by atoms with E-state index in [2.05, 4.69) is 28.2 Å². The second-order valence-electron chi connectivity index (χ2n) is 10.9. The highest BCUT2D eigenvalue weighted by atomic mass is 16.5. The maximum absolute atomic E-state index is 13.5. The molecule has 0 saturated heterocycles. The number of nitrogens with two attached hydrogens (primary N) is 1. The maximum atomic E-state index is 13.5. The summed E-state index contributed by atoms with van der Waals surface area (Å²) in [5, 5.41) is 4.13. The predicted molar refractivity (Wildman–Crippen MR) is 182 cm³/mol. The number of primary amides is 1. The van der Waals surface area contributed by atoms with Gasteiger partial charge in [-0.25, -0.2) is 0 Å². The number of fused-ring (bicyclic) bond motifs is 1. The number of anilines is 3. The number of aromatic nitrogens is 1. The van der Waals surface area contributed by atoms with Crippen molar-refractivity contribution in [2.75, 3.05) is 24.4 Å². The molecule has 3 N–H and O–H groups in total. The lowest BCUT2D eigenvalue weighted by Gasteiger charge is -2.18. The lowest BCUT2D eigenvalue weighted by Crippen LogP contribution is -2.26. The highest BCUT2D eigenvalue weighted by Gasteiger charge is 2.17. The zero-order valence-electron chi connectivity index (χ0n) is 26.0. The molecule has 46 heavy (non-hydrogen) atoms. The zero-order chi connectivity index (χ0) is 32.6. The fraction of sp³-hybridized carbons (Fsp3) is 0.158. The molecular formula is C38H34N4O4. The van der Waals surface area contributed by atoms with E-state index in [0.717, 1.165) is 50.8 Å². The number of nitrogens with one attached hydrogen (secondary N) is 1. The first kappa shape index (κ1) is 31.5. The molecule has 8 heteroatoms. The lowest BCUT2D eigenvalue weighted by molar-refractivity contribution is -0.107. The molecule has 230 valence electrons. The van der Waals surface area contributed by atoms with Crippen molar-refractivity contribution in [1.82, 2.24) is 4.98 Å². The largest absolute Gasteiger partial charge is 0.497 e. The van der Waals surface area contributed by atoms with E-state index < -0.39 is 5.91 Å². The van der Waals surface area contributed by atoms with Crippen LogP contribution < -0.4 is 20.7 Å². The molecule has 0 unspecified atom stereocenters. The van der Waals surface area contributed by atoms with Crippen molar-refractivity contribution in [3.05, 3.63) is 125 Å². The van der Waals surface area contributed by atoms with E-state index in [-0.39, 0.29) is 11.5 Å². The molecule has 2 amide bonds. The van der Waals surface area contributed by atoms with Crippen LogP contribution in [0.3, 0.4) is 0 Å². The Bertz CT molecular complexity index is 1990. The minimum absolute atomic E-state index is 0.138. The SMILES string of the molecule is COc1cccc(Nc2c(C(N)=O)cnc3c(C)cc(Cc4cccc(C(=O)N(C)c5ccc(C#CCCC=O)cc5)c4)cc23)c1. The molecule has 0 radical (unpaired) electrons. The number of aldehydes is 1. The number of pyridine rings is 1. The minimum Gasteiger partial charge on any atom is -0.497 e. The summed E-state index contributed by atoms with van der Waals surface area (Å²) >= 11 is 0. The first-order valence-electron chi connectivity index (χ1n) is 14.8. The standard InChI is InChI=1S/C38H34N4O4/c1-25-19-28(22-33-35(25)40-24-34(37(39)44)36(33)41-30-12-8-13-32(23-30)46-3)20-27-10-7-11-29(21-27)38(45)42(2)31-16-14-26(15-17-31)9-5-4-6-18-43/h7-8,10-19,21-24H,4,6,20H2,1-3H3,(H2,39,44)(H,40,41). The Hall–Kier alpha value is -5.94. The van der Waals surface area contributed by atoms with Gasteiger partial charge in [0, 0.05) is 60.0 Å². The van der Waals surface area contributed by atoms with E-state index in [1.54, 1.807) is 25.1 Å². The van der Waals surface area contributed by atoms with E-state index in [1.165, 1.54) is 6.20 Å². The van der Waals surface area contributed by atoms with Crippen molar-refractivity contribution in [3.8, 4) is 17.6 Å². The van der Waals surface area contributed by atoms with Gasteiger partial charge in [-0.05, 0) is 84.6 Å². The molecule has 0 spiro atoms. The molecule has 0 aliphatic carbocycles. The van der Waals surface area contributed by atoms with Crippen LogP contribution in [0.1, 0.15) is 55.8 Å². The molecule has 0 aliphatic heterocycles. The zero-order valence-corrected chi connectivity index (χ0v) is 26.0. The highest BCUT2D eigenvalue weighted by Crippen LogP contribution is 2.33. The lowest BCUT2D eigenvalue weighted by atomic mass is 9.97. The van der Waals surface area contributed by atoms with Crippen LogP contribution in [0.4, 0.5) is 17.1 Å². The quantitative estimate of drug-likeness (QED) is 0.105. The second kappa shape index (κ2) is 14.2. The number of aryl methyl sites for hydroxylation is 1. The van der Waals surface area contributed by atoms with Crippen LogP contribution in [0.15, 0.2) is 91.1 Å². The van der Waals surface area contributed by atoms with Gasteiger partial charge in [0.25, 0.3) is 11.8 Å². The third-order valence-corrected chi connectivity index (χ3v) is 7.59.